The number of amides is 1. The molecule has 1 aromatic heterocycles. The quantitative estimate of drug-likeness (QED) is 0.719. The van der Waals surface area contributed by atoms with Crippen molar-refractivity contribution < 1.29 is 4.79 Å². The highest BCUT2D eigenvalue weighted by Crippen LogP contribution is 2.32. The minimum absolute atomic E-state index is 0.154. The van der Waals surface area contributed by atoms with Crippen molar-refractivity contribution in [3.63, 3.8) is 0 Å². The number of nitrogens with one attached hydrogen (secondary N) is 1. The first-order chi connectivity index (χ1) is 9.83. The molecule has 2 aromatic rings. The van der Waals surface area contributed by atoms with Crippen LogP contribution in [-0.4, -0.2) is 5.91 Å². The number of anilines is 1. The molecular weight excluding hydrogens is 416 g/mol. The van der Waals surface area contributed by atoms with Crippen molar-refractivity contribution in [1.82, 2.24) is 0 Å². The standard InChI is InChI=1S/C15H12Br2N2OS/c1-15(2,8-18)9-3-5-10(6-4-9)19-14(20)12-7-11(16)13(17)21-12/h3-7H,1-2H3,(H,19,20). The molecule has 21 heavy (non-hydrogen) atoms. The normalized spacial score (nSPS) is 11.0. The number of nitrogens with zero attached hydrogens (tertiary/aromatic N) is 1. The molecule has 1 amide bonds. The molecule has 0 aliphatic carbocycles. The summed E-state index contributed by atoms with van der Waals surface area (Å²) in [6.07, 6.45) is 0. The van der Waals surface area contributed by atoms with Gasteiger partial charge in [-0.2, -0.15) is 5.26 Å². The Hall–Kier alpha value is -1.16. The third-order valence-corrected chi connectivity index (χ3v) is 6.27. The van der Waals surface area contributed by atoms with Gasteiger partial charge in [-0.25, -0.2) is 0 Å². The van der Waals surface area contributed by atoms with Gasteiger partial charge in [-0.05, 0) is 69.5 Å². The Morgan fingerprint density at radius 3 is 2.38 bits per heavy atom. The van der Waals surface area contributed by atoms with Crippen LogP contribution < -0.4 is 5.32 Å². The Labute approximate surface area is 144 Å². The van der Waals surface area contributed by atoms with Crippen molar-refractivity contribution in [2.75, 3.05) is 5.32 Å². The summed E-state index contributed by atoms with van der Waals surface area (Å²) in [6.45, 7) is 3.72. The monoisotopic (exact) mass is 426 g/mol. The molecule has 6 heteroatoms. The van der Waals surface area contributed by atoms with Gasteiger partial charge in [0.2, 0.25) is 0 Å². The SMILES string of the molecule is CC(C)(C#N)c1ccc(NC(=O)c2cc(Br)c(Br)s2)cc1. The van der Waals surface area contributed by atoms with Gasteiger partial charge >= 0.3 is 0 Å². The lowest BCUT2D eigenvalue weighted by Crippen LogP contribution is -2.14. The molecular formula is C15H12Br2N2OS. The Morgan fingerprint density at radius 2 is 1.90 bits per heavy atom. The molecule has 0 saturated heterocycles. The van der Waals surface area contributed by atoms with E-state index in [4.69, 9.17) is 5.26 Å². The van der Waals surface area contributed by atoms with E-state index >= 15 is 0 Å². The molecule has 0 aliphatic heterocycles. The Morgan fingerprint density at radius 1 is 1.29 bits per heavy atom. The van der Waals surface area contributed by atoms with E-state index in [1.165, 1.54) is 11.3 Å². The van der Waals surface area contributed by atoms with Crippen LogP contribution in [0, 0.1) is 11.3 Å². The number of hydrogen-bond donors (Lipinski definition) is 1. The number of hydrogen-bond acceptors (Lipinski definition) is 3. The maximum Gasteiger partial charge on any atom is 0.265 e. The second-order valence-electron chi connectivity index (χ2n) is 5.00. The fourth-order valence-electron chi connectivity index (χ4n) is 1.69. The third-order valence-electron chi connectivity index (χ3n) is 3.01. The summed E-state index contributed by atoms with van der Waals surface area (Å²) in [5.41, 5.74) is 1.09. The number of carbonyl (C=O) groups excluding carboxylic acids is 1. The molecule has 0 saturated carbocycles. The van der Waals surface area contributed by atoms with Gasteiger partial charge in [-0.3, -0.25) is 4.79 Å². The predicted octanol–water partition coefficient (Wildman–Crippen LogP) is 5.33. The minimum Gasteiger partial charge on any atom is -0.321 e. The molecule has 0 radical (unpaired) electrons. The van der Waals surface area contributed by atoms with Gasteiger partial charge in [0.05, 0.1) is 20.1 Å². The van der Waals surface area contributed by atoms with Gasteiger partial charge < -0.3 is 5.32 Å². The summed E-state index contributed by atoms with van der Waals surface area (Å²) in [6, 6.07) is 11.4. The van der Waals surface area contributed by atoms with Crippen LogP contribution in [0.15, 0.2) is 38.6 Å². The van der Waals surface area contributed by atoms with E-state index in [1.807, 2.05) is 38.1 Å². The maximum atomic E-state index is 12.1. The van der Waals surface area contributed by atoms with Crippen LogP contribution in [0.1, 0.15) is 29.1 Å². The van der Waals surface area contributed by atoms with Crippen LogP contribution in [0.3, 0.4) is 0 Å². The molecule has 0 atom stereocenters. The zero-order valence-corrected chi connectivity index (χ0v) is 15.4. The fourth-order valence-corrected chi connectivity index (χ4v) is 3.62. The first-order valence-electron chi connectivity index (χ1n) is 6.11. The van der Waals surface area contributed by atoms with Crippen molar-refractivity contribution in [3.8, 4) is 6.07 Å². The molecule has 0 fully saturated rings. The average Bonchev–Trinajstić information content (AvgIpc) is 2.79. The van der Waals surface area contributed by atoms with E-state index < -0.39 is 5.41 Å². The first kappa shape index (κ1) is 16.2. The molecule has 2 rings (SSSR count). The Kier molecular flexibility index (Phi) is 4.87. The lowest BCUT2D eigenvalue weighted by molar-refractivity contribution is 0.103. The lowest BCUT2D eigenvalue weighted by atomic mass is 9.86. The summed E-state index contributed by atoms with van der Waals surface area (Å²) in [7, 11) is 0. The fraction of sp³-hybridized carbons (Fsp3) is 0.200. The van der Waals surface area contributed by atoms with Crippen LogP contribution in [0.2, 0.25) is 0 Å². The molecule has 1 aromatic carbocycles. The van der Waals surface area contributed by atoms with E-state index in [1.54, 1.807) is 6.07 Å². The summed E-state index contributed by atoms with van der Waals surface area (Å²) >= 11 is 8.10. The van der Waals surface area contributed by atoms with Crippen molar-refractivity contribution >= 4 is 54.8 Å². The van der Waals surface area contributed by atoms with Gasteiger partial charge in [0.25, 0.3) is 5.91 Å². The number of nitriles is 1. The van der Waals surface area contributed by atoms with E-state index in [9.17, 15) is 4.79 Å². The predicted molar refractivity (Wildman–Crippen MR) is 92.8 cm³/mol. The largest absolute Gasteiger partial charge is 0.321 e. The molecule has 0 unspecified atom stereocenters. The molecule has 3 nitrogen and oxygen atoms in total. The number of halogens is 2. The Balaban J connectivity index is 2.14. The van der Waals surface area contributed by atoms with Crippen LogP contribution in [-0.2, 0) is 5.41 Å². The molecule has 1 N–H and O–H groups in total. The van der Waals surface area contributed by atoms with E-state index in [2.05, 4.69) is 43.2 Å². The van der Waals surface area contributed by atoms with Crippen molar-refractivity contribution in [1.29, 1.82) is 5.26 Å². The van der Waals surface area contributed by atoms with Crippen molar-refractivity contribution in [3.05, 3.63) is 49.0 Å². The Bertz CT molecular complexity index is 695. The highest BCUT2D eigenvalue weighted by atomic mass is 79.9. The minimum atomic E-state index is -0.536. The van der Waals surface area contributed by atoms with Crippen molar-refractivity contribution in [2.24, 2.45) is 0 Å². The highest BCUT2D eigenvalue weighted by molar-refractivity contribution is 9.13. The van der Waals surface area contributed by atoms with Gasteiger partial charge in [0.1, 0.15) is 0 Å². The number of carbonyl (C=O) groups is 1. The van der Waals surface area contributed by atoms with E-state index in [0.29, 0.717) is 10.6 Å². The lowest BCUT2D eigenvalue weighted by Gasteiger charge is -2.16. The molecule has 0 bridgehead atoms. The average molecular weight is 428 g/mol. The zero-order chi connectivity index (χ0) is 15.6. The van der Waals surface area contributed by atoms with Crippen LogP contribution in [0.25, 0.3) is 0 Å². The van der Waals surface area contributed by atoms with Gasteiger partial charge in [0, 0.05) is 10.2 Å². The smallest absolute Gasteiger partial charge is 0.265 e. The van der Waals surface area contributed by atoms with Crippen LogP contribution in [0.5, 0.6) is 0 Å². The number of rotatable bonds is 3. The van der Waals surface area contributed by atoms with Gasteiger partial charge in [-0.1, -0.05) is 12.1 Å². The summed E-state index contributed by atoms with van der Waals surface area (Å²) < 4.78 is 1.75. The van der Waals surface area contributed by atoms with E-state index in [0.717, 1.165) is 13.8 Å². The van der Waals surface area contributed by atoms with Gasteiger partial charge in [0.15, 0.2) is 0 Å². The van der Waals surface area contributed by atoms with Gasteiger partial charge in [-0.15, -0.1) is 11.3 Å². The molecule has 1 heterocycles. The third kappa shape index (κ3) is 3.73. The zero-order valence-electron chi connectivity index (χ0n) is 11.4. The second-order valence-corrected chi connectivity index (χ2v) is 8.23. The number of benzene rings is 1. The second kappa shape index (κ2) is 6.30. The summed E-state index contributed by atoms with van der Waals surface area (Å²) in [5, 5.41) is 12.0. The van der Waals surface area contributed by atoms with Crippen molar-refractivity contribution in [2.45, 2.75) is 19.3 Å². The molecule has 108 valence electrons. The maximum absolute atomic E-state index is 12.1. The number of thiophene rings is 1. The summed E-state index contributed by atoms with van der Waals surface area (Å²) in [4.78, 5) is 12.7. The topological polar surface area (TPSA) is 52.9 Å². The first-order valence-corrected chi connectivity index (χ1v) is 8.52. The van der Waals surface area contributed by atoms with E-state index in [-0.39, 0.29) is 5.91 Å². The molecule has 0 spiro atoms. The highest BCUT2D eigenvalue weighted by Gasteiger charge is 2.19. The van der Waals surface area contributed by atoms with Crippen LogP contribution >= 0.6 is 43.2 Å². The summed E-state index contributed by atoms with van der Waals surface area (Å²) in [5.74, 6) is -0.154. The van der Waals surface area contributed by atoms with Crippen LogP contribution in [0.4, 0.5) is 5.69 Å². The molecule has 0 aliphatic rings.